The van der Waals surface area contributed by atoms with Gasteiger partial charge in [0.15, 0.2) is 6.61 Å². The average Bonchev–Trinajstić information content (AvgIpc) is 2.94. The van der Waals surface area contributed by atoms with Gasteiger partial charge < -0.3 is 14.6 Å². The number of imide groups is 1. The first-order valence-electron chi connectivity index (χ1n) is 8.92. The quantitative estimate of drug-likeness (QED) is 0.549. The van der Waals surface area contributed by atoms with Crippen molar-refractivity contribution in [2.24, 2.45) is 0 Å². The first-order chi connectivity index (χ1) is 14.3. The number of nitrogens with zero attached hydrogens (tertiary/aromatic N) is 1. The van der Waals surface area contributed by atoms with Gasteiger partial charge in [0.1, 0.15) is 18.1 Å². The standard InChI is InChI=1S/C21H18BrNO6S/c1-13-3-2-4-15(9-13)28-8-7-23-20(26)18(30-21(23)27)11-14-5-6-17(16(22)10-14)29-12-19(24)25/h2-6,9-11H,7-8,12H2,1H3,(H,24,25)/b18-11-. The monoisotopic (exact) mass is 491 g/mol. The molecule has 9 heteroatoms. The molecule has 0 saturated carbocycles. The van der Waals surface area contributed by atoms with E-state index in [1.165, 1.54) is 0 Å². The molecular formula is C21H18BrNO6S. The Hall–Kier alpha value is -2.78. The molecule has 3 rings (SSSR count). The highest BCUT2D eigenvalue weighted by Gasteiger charge is 2.34. The number of rotatable bonds is 8. The van der Waals surface area contributed by atoms with Gasteiger partial charge in [0.05, 0.1) is 15.9 Å². The van der Waals surface area contributed by atoms with Crippen molar-refractivity contribution in [3.63, 3.8) is 0 Å². The highest BCUT2D eigenvalue weighted by molar-refractivity contribution is 9.10. The number of aryl methyl sites for hydroxylation is 1. The minimum Gasteiger partial charge on any atom is -0.492 e. The minimum atomic E-state index is -1.08. The molecule has 1 heterocycles. The SMILES string of the molecule is Cc1cccc(OCCN2C(=O)S/C(=C\c3ccc(OCC(=O)O)c(Br)c3)C2=O)c1. The molecule has 30 heavy (non-hydrogen) atoms. The van der Waals surface area contributed by atoms with Crippen LogP contribution in [0.4, 0.5) is 4.79 Å². The van der Waals surface area contributed by atoms with E-state index >= 15 is 0 Å². The molecule has 1 fully saturated rings. The van der Waals surface area contributed by atoms with Crippen molar-refractivity contribution < 1.29 is 29.0 Å². The van der Waals surface area contributed by atoms with Crippen LogP contribution in [0.15, 0.2) is 51.8 Å². The predicted octanol–water partition coefficient (Wildman–Crippen LogP) is 4.34. The van der Waals surface area contributed by atoms with Crippen LogP contribution in [0.3, 0.4) is 0 Å². The zero-order valence-electron chi connectivity index (χ0n) is 16.0. The van der Waals surface area contributed by atoms with Gasteiger partial charge >= 0.3 is 5.97 Å². The molecule has 0 spiro atoms. The maximum absolute atomic E-state index is 12.6. The third-order valence-electron chi connectivity index (χ3n) is 4.05. The lowest BCUT2D eigenvalue weighted by molar-refractivity contribution is -0.139. The lowest BCUT2D eigenvalue weighted by Crippen LogP contribution is -2.32. The van der Waals surface area contributed by atoms with Crippen LogP contribution in [0.1, 0.15) is 11.1 Å². The van der Waals surface area contributed by atoms with Gasteiger partial charge in [-0.3, -0.25) is 14.5 Å². The molecule has 1 saturated heterocycles. The second kappa shape index (κ2) is 9.82. The van der Waals surface area contributed by atoms with Crippen LogP contribution in [0.25, 0.3) is 6.08 Å². The second-order valence-corrected chi connectivity index (χ2v) is 8.22. The average molecular weight is 492 g/mol. The molecule has 0 bridgehead atoms. The second-order valence-electron chi connectivity index (χ2n) is 6.37. The Balaban J connectivity index is 1.62. The van der Waals surface area contributed by atoms with Crippen molar-refractivity contribution in [3.8, 4) is 11.5 Å². The molecule has 2 amide bonds. The molecule has 7 nitrogen and oxygen atoms in total. The number of carboxylic acid groups (broad SMARTS) is 1. The molecule has 1 aliphatic rings. The predicted molar refractivity (Wildman–Crippen MR) is 117 cm³/mol. The Morgan fingerprint density at radius 2 is 2.00 bits per heavy atom. The van der Waals surface area contributed by atoms with Gasteiger partial charge in [-0.25, -0.2) is 4.79 Å². The van der Waals surface area contributed by atoms with Crippen molar-refractivity contribution in [3.05, 3.63) is 63.0 Å². The summed E-state index contributed by atoms with van der Waals surface area (Å²) in [6.07, 6.45) is 1.61. The Morgan fingerprint density at radius 3 is 2.70 bits per heavy atom. The van der Waals surface area contributed by atoms with Gasteiger partial charge in [-0.05, 0) is 76.1 Å². The summed E-state index contributed by atoms with van der Waals surface area (Å²) in [5, 5.41) is 8.34. The summed E-state index contributed by atoms with van der Waals surface area (Å²) in [5.74, 6) is -0.394. The van der Waals surface area contributed by atoms with Gasteiger partial charge in [0, 0.05) is 0 Å². The Labute approximate surface area is 185 Å². The molecule has 0 unspecified atom stereocenters. The molecule has 2 aromatic rings. The molecule has 0 aromatic heterocycles. The third-order valence-corrected chi connectivity index (χ3v) is 5.58. The third kappa shape index (κ3) is 5.64. The molecule has 0 atom stereocenters. The Kier molecular flexibility index (Phi) is 7.17. The van der Waals surface area contributed by atoms with E-state index in [4.69, 9.17) is 14.6 Å². The number of carboxylic acids is 1. The molecule has 0 radical (unpaired) electrons. The van der Waals surface area contributed by atoms with Crippen molar-refractivity contribution in [2.75, 3.05) is 19.8 Å². The maximum Gasteiger partial charge on any atom is 0.341 e. The van der Waals surface area contributed by atoms with Gasteiger partial charge in [-0.2, -0.15) is 0 Å². The number of hydrogen-bond acceptors (Lipinski definition) is 6. The van der Waals surface area contributed by atoms with E-state index in [1.54, 1.807) is 24.3 Å². The molecule has 156 valence electrons. The number of benzene rings is 2. The lowest BCUT2D eigenvalue weighted by Gasteiger charge is -2.13. The van der Waals surface area contributed by atoms with Crippen molar-refractivity contribution in [1.29, 1.82) is 0 Å². The van der Waals surface area contributed by atoms with Crippen LogP contribution >= 0.6 is 27.7 Å². The van der Waals surface area contributed by atoms with Gasteiger partial charge in [0.25, 0.3) is 11.1 Å². The zero-order chi connectivity index (χ0) is 21.7. The number of aliphatic carboxylic acids is 1. The van der Waals surface area contributed by atoms with E-state index in [2.05, 4.69) is 15.9 Å². The van der Waals surface area contributed by atoms with E-state index < -0.39 is 12.6 Å². The highest BCUT2D eigenvalue weighted by Crippen LogP contribution is 2.33. The lowest BCUT2D eigenvalue weighted by atomic mass is 10.2. The van der Waals surface area contributed by atoms with E-state index in [-0.39, 0.29) is 24.3 Å². The number of ether oxygens (including phenoxy) is 2. The zero-order valence-corrected chi connectivity index (χ0v) is 18.4. The largest absolute Gasteiger partial charge is 0.492 e. The normalized spacial score (nSPS) is 15.0. The molecule has 2 aromatic carbocycles. The number of hydrogen-bond donors (Lipinski definition) is 1. The number of thioether (sulfide) groups is 1. The number of carbonyl (C=O) groups is 3. The summed E-state index contributed by atoms with van der Waals surface area (Å²) in [4.78, 5) is 36.9. The van der Waals surface area contributed by atoms with Crippen LogP contribution in [0, 0.1) is 6.92 Å². The number of amides is 2. The summed E-state index contributed by atoms with van der Waals surface area (Å²) in [6, 6.07) is 12.5. The summed E-state index contributed by atoms with van der Waals surface area (Å²) >= 11 is 4.18. The van der Waals surface area contributed by atoms with E-state index in [0.29, 0.717) is 26.4 Å². The summed E-state index contributed by atoms with van der Waals surface area (Å²) in [5.41, 5.74) is 1.73. The van der Waals surface area contributed by atoms with Crippen molar-refractivity contribution in [2.45, 2.75) is 6.92 Å². The van der Waals surface area contributed by atoms with Crippen LogP contribution in [0.5, 0.6) is 11.5 Å². The maximum atomic E-state index is 12.6. The molecule has 0 aliphatic carbocycles. The van der Waals surface area contributed by atoms with Crippen LogP contribution in [-0.4, -0.2) is 46.9 Å². The first-order valence-corrected chi connectivity index (χ1v) is 10.5. The number of carbonyl (C=O) groups excluding carboxylic acids is 2. The smallest absolute Gasteiger partial charge is 0.341 e. The van der Waals surface area contributed by atoms with Gasteiger partial charge in [0.2, 0.25) is 0 Å². The fourth-order valence-electron chi connectivity index (χ4n) is 2.67. The Bertz CT molecular complexity index is 1020. The van der Waals surface area contributed by atoms with Gasteiger partial charge in [-0.15, -0.1) is 0 Å². The van der Waals surface area contributed by atoms with Crippen molar-refractivity contribution in [1.82, 2.24) is 4.90 Å². The summed E-state index contributed by atoms with van der Waals surface area (Å²) < 4.78 is 11.3. The van der Waals surface area contributed by atoms with Crippen LogP contribution in [0.2, 0.25) is 0 Å². The highest BCUT2D eigenvalue weighted by atomic mass is 79.9. The van der Waals surface area contributed by atoms with E-state index in [9.17, 15) is 14.4 Å². The number of halogens is 1. The van der Waals surface area contributed by atoms with E-state index in [1.807, 2.05) is 31.2 Å². The molecular weight excluding hydrogens is 474 g/mol. The summed E-state index contributed by atoms with van der Waals surface area (Å²) in [7, 11) is 0. The fraction of sp³-hybridized carbons (Fsp3) is 0.190. The van der Waals surface area contributed by atoms with E-state index in [0.717, 1.165) is 22.2 Å². The van der Waals surface area contributed by atoms with Crippen molar-refractivity contribution >= 4 is 50.9 Å². The summed E-state index contributed by atoms with van der Waals surface area (Å²) in [6.45, 7) is 1.86. The molecule has 1 N–H and O–H groups in total. The van der Waals surface area contributed by atoms with Gasteiger partial charge in [-0.1, -0.05) is 18.2 Å². The van der Waals surface area contributed by atoms with Crippen LogP contribution in [-0.2, 0) is 9.59 Å². The fourth-order valence-corrected chi connectivity index (χ4v) is 4.04. The minimum absolute atomic E-state index is 0.154. The Morgan fingerprint density at radius 1 is 1.20 bits per heavy atom. The topological polar surface area (TPSA) is 93.1 Å². The first kappa shape index (κ1) is 21.9. The van der Waals surface area contributed by atoms with Crippen LogP contribution < -0.4 is 9.47 Å². The molecule has 1 aliphatic heterocycles.